The Morgan fingerprint density at radius 1 is 1.42 bits per heavy atom. The van der Waals surface area contributed by atoms with Gasteiger partial charge in [0.05, 0.1) is 17.9 Å². The van der Waals surface area contributed by atoms with Gasteiger partial charge in [0.2, 0.25) is 0 Å². The molecule has 0 aromatic carbocycles. The minimum Gasteiger partial charge on any atom is -0.481 e. The molecule has 0 fully saturated rings. The van der Waals surface area contributed by atoms with Crippen LogP contribution >= 0.6 is 11.8 Å². The van der Waals surface area contributed by atoms with Crippen LogP contribution in [0.5, 0.6) is 0 Å². The average Bonchev–Trinajstić information content (AvgIpc) is 1.98. The standard InChI is InChI=1S/C6H12O4S2/c1-11-3-5-12(9,10)4-2-6(7)8/h2-5H2,1H3,(H,7,8). The monoisotopic (exact) mass is 212 g/mol. The second-order valence-electron chi connectivity index (χ2n) is 2.29. The van der Waals surface area contributed by atoms with E-state index in [2.05, 4.69) is 0 Å². The highest BCUT2D eigenvalue weighted by Gasteiger charge is 2.11. The molecule has 1 N–H and O–H groups in total. The first kappa shape index (κ1) is 11.8. The van der Waals surface area contributed by atoms with Gasteiger partial charge < -0.3 is 5.11 Å². The molecule has 0 unspecified atom stereocenters. The molecular weight excluding hydrogens is 200 g/mol. The molecular formula is C6H12O4S2. The van der Waals surface area contributed by atoms with Gasteiger partial charge in [0, 0.05) is 5.75 Å². The summed E-state index contributed by atoms with van der Waals surface area (Å²) < 4.78 is 22.0. The lowest BCUT2D eigenvalue weighted by Gasteiger charge is -1.99. The Hall–Kier alpha value is -0.230. The summed E-state index contributed by atoms with van der Waals surface area (Å²) in [5.74, 6) is -0.713. The van der Waals surface area contributed by atoms with Gasteiger partial charge in [-0.2, -0.15) is 11.8 Å². The van der Waals surface area contributed by atoms with Gasteiger partial charge in [-0.3, -0.25) is 4.79 Å². The molecule has 0 bridgehead atoms. The van der Waals surface area contributed by atoms with Crippen LogP contribution in [-0.2, 0) is 14.6 Å². The summed E-state index contributed by atoms with van der Waals surface area (Å²) in [7, 11) is -3.14. The summed E-state index contributed by atoms with van der Waals surface area (Å²) in [5, 5.41) is 8.23. The SMILES string of the molecule is CSCCS(=O)(=O)CCC(=O)O. The first-order valence-electron chi connectivity index (χ1n) is 3.39. The lowest BCUT2D eigenvalue weighted by Crippen LogP contribution is -2.15. The van der Waals surface area contributed by atoms with E-state index in [9.17, 15) is 13.2 Å². The molecule has 0 saturated carbocycles. The topological polar surface area (TPSA) is 71.4 Å². The Morgan fingerprint density at radius 3 is 2.42 bits per heavy atom. The van der Waals surface area contributed by atoms with Crippen molar-refractivity contribution in [2.24, 2.45) is 0 Å². The van der Waals surface area contributed by atoms with Crippen LogP contribution in [0.2, 0.25) is 0 Å². The third-order valence-corrected chi connectivity index (χ3v) is 3.75. The fourth-order valence-electron chi connectivity index (χ4n) is 0.555. The minimum atomic E-state index is -3.14. The van der Waals surface area contributed by atoms with Crippen LogP contribution in [0.3, 0.4) is 0 Å². The maximum atomic E-state index is 11.0. The highest BCUT2D eigenvalue weighted by Crippen LogP contribution is 1.99. The van der Waals surface area contributed by atoms with Crippen LogP contribution in [0.15, 0.2) is 0 Å². The zero-order valence-electron chi connectivity index (χ0n) is 6.82. The Labute approximate surface area is 76.3 Å². The van der Waals surface area contributed by atoms with Crippen molar-refractivity contribution in [1.29, 1.82) is 0 Å². The Kier molecular flexibility index (Phi) is 5.32. The number of sulfone groups is 1. The fraction of sp³-hybridized carbons (Fsp3) is 0.833. The van der Waals surface area contributed by atoms with Crippen molar-refractivity contribution < 1.29 is 18.3 Å². The van der Waals surface area contributed by atoms with E-state index in [1.54, 1.807) is 0 Å². The number of hydrogen-bond acceptors (Lipinski definition) is 4. The molecule has 0 atom stereocenters. The predicted molar refractivity (Wildman–Crippen MR) is 49.3 cm³/mol. The van der Waals surface area contributed by atoms with Gasteiger partial charge in [-0.15, -0.1) is 0 Å². The molecule has 0 saturated heterocycles. The van der Waals surface area contributed by atoms with Gasteiger partial charge in [-0.25, -0.2) is 8.42 Å². The molecule has 0 radical (unpaired) electrons. The summed E-state index contributed by atoms with van der Waals surface area (Å²) in [6.07, 6.45) is 1.52. The van der Waals surface area contributed by atoms with Gasteiger partial charge in [0.25, 0.3) is 0 Å². The summed E-state index contributed by atoms with van der Waals surface area (Å²) in [6, 6.07) is 0. The number of rotatable bonds is 6. The van der Waals surface area contributed by atoms with E-state index in [-0.39, 0.29) is 17.9 Å². The summed E-state index contributed by atoms with van der Waals surface area (Å²) in [6.45, 7) is 0. The van der Waals surface area contributed by atoms with Crippen LogP contribution < -0.4 is 0 Å². The molecule has 0 aromatic rings. The first-order valence-corrected chi connectivity index (χ1v) is 6.60. The minimum absolute atomic E-state index is 0.0709. The molecule has 0 spiro atoms. The van der Waals surface area contributed by atoms with Gasteiger partial charge >= 0.3 is 5.97 Å². The van der Waals surface area contributed by atoms with Crippen molar-refractivity contribution in [1.82, 2.24) is 0 Å². The summed E-state index contributed by atoms with van der Waals surface area (Å²) in [4.78, 5) is 10.1. The van der Waals surface area contributed by atoms with Gasteiger partial charge in [0.15, 0.2) is 9.84 Å². The summed E-state index contributed by atoms with van der Waals surface area (Å²) in [5.41, 5.74) is 0. The number of carboxylic acids is 1. The van der Waals surface area contributed by atoms with Crippen LogP contribution in [0, 0.1) is 0 Å². The number of carbonyl (C=O) groups is 1. The lowest BCUT2D eigenvalue weighted by molar-refractivity contribution is -0.136. The van der Waals surface area contributed by atoms with Crippen molar-refractivity contribution in [3.8, 4) is 0 Å². The maximum Gasteiger partial charge on any atom is 0.304 e. The van der Waals surface area contributed by atoms with Crippen LogP contribution in [0.1, 0.15) is 6.42 Å². The Balaban J connectivity index is 3.80. The Bertz CT molecular complexity index is 232. The predicted octanol–water partition coefficient (Wildman–Crippen LogP) is 0.239. The zero-order valence-corrected chi connectivity index (χ0v) is 8.45. The van der Waals surface area contributed by atoms with Crippen molar-refractivity contribution in [3.05, 3.63) is 0 Å². The van der Waals surface area contributed by atoms with Crippen LogP contribution in [0.4, 0.5) is 0 Å². The molecule has 72 valence electrons. The molecule has 0 rings (SSSR count). The molecule has 0 amide bonds. The van der Waals surface area contributed by atoms with Crippen molar-refractivity contribution in [2.45, 2.75) is 6.42 Å². The normalized spacial score (nSPS) is 11.4. The van der Waals surface area contributed by atoms with Gasteiger partial charge in [-0.05, 0) is 6.26 Å². The largest absolute Gasteiger partial charge is 0.481 e. The number of aliphatic carboxylic acids is 1. The molecule has 6 heteroatoms. The third-order valence-electron chi connectivity index (χ3n) is 1.23. The highest BCUT2D eigenvalue weighted by atomic mass is 32.2. The van der Waals surface area contributed by atoms with E-state index in [1.807, 2.05) is 6.26 Å². The molecule has 0 aliphatic carbocycles. The van der Waals surface area contributed by atoms with E-state index < -0.39 is 15.8 Å². The van der Waals surface area contributed by atoms with E-state index in [1.165, 1.54) is 11.8 Å². The van der Waals surface area contributed by atoms with Crippen molar-refractivity contribution in [3.63, 3.8) is 0 Å². The lowest BCUT2D eigenvalue weighted by atomic mass is 10.5. The summed E-state index contributed by atoms with van der Waals surface area (Å²) >= 11 is 1.44. The zero-order chi connectivity index (χ0) is 9.61. The first-order chi connectivity index (χ1) is 5.48. The average molecular weight is 212 g/mol. The van der Waals surface area contributed by atoms with Crippen molar-refractivity contribution >= 4 is 27.6 Å². The molecule has 0 aliphatic heterocycles. The molecule has 0 aliphatic rings. The van der Waals surface area contributed by atoms with E-state index in [0.29, 0.717) is 5.75 Å². The quantitative estimate of drug-likeness (QED) is 0.683. The molecule has 4 nitrogen and oxygen atoms in total. The second-order valence-corrected chi connectivity index (χ2v) is 5.58. The second kappa shape index (κ2) is 5.42. The Morgan fingerprint density at radius 2 is 2.00 bits per heavy atom. The fourth-order valence-corrected chi connectivity index (χ4v) is 2.93. The van der Waals surface area contributed by atoms with Gasteiger partial charge in [0.1, 0.15) is 0 Å². The van der Waals surface area contributed by atoms with E-state index in [4.69, 9.17) is 5.11 Å². The maximum absolute atomic E-state index is 11.0. The number of hydrogen-bond donors (Lipinski definition) is 1. The van der Waals surface area contributed by atoms with Crippen molar-refractivity contribution in [2.75, 3.05) is 23.5 Å². The highest BCUT2D eigenvalue weighted by molar-refractivity contribution is 8.00. The van der Waals surface area contributed by atoms with Crippen LogP contribution in [0.25, 0.3) is 0 Å². The van der Waals surface area contributed by atoms with E-state index >= 15 is 0 Å². The number of thioether (sulfide) groups is 1. The molecule has 12 heavy (non-hydrogen) atoms. The van der Waals surface area contributed by atoms with Gasteiger partial charge in [-0.1, -0.05) is 0 Å². The third kappa shape index (κ3) is 6.48. The molecule has 0 aromatic heterocycles. The molecule has 0 heterocycles. The smallest absolute Gasteiger partial charge is 0.304 e. The number of carboxylic acid groups (broad SMARTS) is 1. The van der Waals surface area contributed by atoms with E-state index in [0.717, 1.165) is 0 Å². The van der Waals surface area contributed by atoms with Crippen LogP contribution in [-0.4, -0.2) is 43.0 Å².